The minimum atomic E-state index is -0.0596. The molecule has 2 heterocycles. The van der Waals surface area contributed by atoms with E-state index in [-0.39, 0.29) is 5.56 Å². The molecule has 0 amide bonds. The number of ether oxygens (including phenoxy) is 1. The normalized spacial score (nSPS) is 15.8. The van der Waals surface area contributed by atoms with E-state index in [1.54, 1.807) is 6.20 Å². The minimum Gasteiger partial charge on any atom is -0.376 e. The quantitative estimate of drug-likeness (QED) is 0.727. The number of pyridine rings is 1. The zero-order chi connectivity index (χ0) is 8.55. The number of halogens is 1. The Balaban J connectivity index is 2.61. The highest BCUT2D eigenvalue weighted by Crippen LogP contribution is 2.20. The van der Waals surface area contributed by atoms with Crippen LogP contribution in [0.25, 0.3) is 0 Å². The van der Waals surface area contributed by atoms with Crippen LogP contribution in [0, 0.1) is 0 Å². The van der Waals surface area contributed by atoms with Crippen LogP contribution in [0.1, 0.15) is 11.1 Å². The van der Waals surface area contributed by atoms with Gasteiger partial charge >= 0.3 is 0 Å². The van der Waals surface area contributed by atoms with Gasteiger partial charge in [-0.05, 0) is 33.5 Å². The standard InChI is InChI=1S/C8H8BrNO2/c9-7-6-1-2-12-4-5(6)3-10-8(7)11/h3H,1-2,4H2,(H,10,11). The zero-order valence-corrected chi connectivity index (χ0v) is 7.98. The molecule has 1 aromatic rings. The van der Waals surface area contributed by atoms with Gasteiger partial charge in [0.1, 0.15) is 0 Å². The third kappa shape index (κ3) is 1.21. The average Bonchev–Trinajstić information content (AvgIpc) is 2.12. The molecule has 0 unspecified atom stereocenters. The summed E-state index contributed by atoms with van der Waals surface area (Å²) in [6.45, 7) is 1.31. The molecule has 0 aromatic carbocycles. The summed E-state index contributed by atoms with van der Waals surface area (Å²) in [5.41, 5.74) is 2.10. The van der Waals surface area contributed by atoms with Crippen LogP contribution in [-0.4, -0.2) is 11.6 Å². The van der Waals surface area contributed by atoms with Crippen molar-refractivity contribution in [2.24, 2.45) is 0 Å². The van der Waals surface area contributed by atoms with Gasteiger partial charge in [0.2, 0.25) is 0 Å². The summed E-state index contributed by atoms with van der Waals surface area (Å²) >= 11 is 3.27. The predicted octanol–water partition coefficient (Wildman–Crippen LogP) is 1.21. The van der Waals surface area contributed by atoms with Crippen molar-refractivity contribution in [3.05, 3.63) is 32.2 Å². The summed E-state index contributed by atoms with van der Waals surface area (Å²) in [7, 11) is 0. The molecule has 2 rings (SSSR count). The molecule has 0 saturated carbocycles. The molecule has 12 heavy (non-hydrogen) atoms. The fraction of sp³-hybridized carbons (Fsp3) is 0.375. The van der Waals surface area contributed by atoms with Crippen molar-refractivity contribution in [1.29, 1.82) is 0 Å². The average molecular weight is 230 g/mol. The van der Waals surface area contributed by atoms with E-state index in [2.05, 4.69) is 20.9 Å². The van der Waals surface area contributed by atoms with E-state index in [1.807, 2.05) is 0 Å². The first-order chi connectivity index (χ1) is 5.79. The molecule has 0 aliphatic carbocycles. The van der Waals surface area contributed by atoms with Gasteiger partial charge in [-0.3, -0.25) is 4.79 Å². The molecule has 1 N–H and O–H groups in total. The van der Waals surface area contributed by atoms with E-state index in [1.165, 1.54) is 0 Å². The number of hydrogen-bond acceptors (Lipinski definition) is 2. The van der Waals surface area contributed by atoms with E-state index in [0.29, 0.717) is 17.7 Å². The van der Waals surface area contributed by atoms with Crippen LogP contribution in [0.3, 0.4) is 0 Å². The molecule has 0 fully saturated rings. The van der Waals surface area contributed by atoms with Crippen molar-refractivity contribution in [1.82, 2.24) is 4.98 Å². The summed E-state index contributed by atoms with van der Waals surface area (Å²) in [6.07, 6.45) is 2.54. The highest BCUT2D eigenvalue weighted by atomic mass is 79.9. The molecule has 0 bridgehead atoms. The number of hydrogen-bond donors (Lipinski definition) is 1. The molecule has 0 saturated heterocycles. The van der Waals surface area contributed by atoms with Crippen molar-refractivity contribution >= 4 is 15.9 Å². The first kappa shape index (κ1) is 8.01. The van der Waals surface area contributed by atoms with Gasteiger partial charge in [0.15, 0.2) is 0 Å². The number of H-pyrrole nitrogens is 1. The van der Waals surface area contributed by atoms with Crippen LogP contribution in [0.4, 0.5) is 0 Å². The maximum absolute atomic E-state index is 11.1. The maximum Gasteiger partial charge on any atom is 0.262 e. The van der Waals surface area contributed by atoms with Crippen LogP contribution in [0.15, 0.2) is 15.5 Å². The second-order valence-corrected chi connectivity index (χ2v) is 3.53. The van der Waals surface area contributed by atoms with Gasteiger partial charge in [0.05, 0.1) is 17.7 Å². The molecule has 1 aromatic heterocycles. The van der Waals surface area contributed by atoms with Crippen LogP contribution in [0.5, 0.6) is 0 Å². The molecular formula is C8H8BrNO2. The Bertz CT molecular complexity index is 359. The molecule has 4 heteroatoms. The smallest absolute Gasteiger partial charge is 0.262 e. The van der Waals surface area contributed by atoms with Gasteiger partial charge in [-0.1, -0.05) is 0 Å². The van der Waals surface area contributed by atoms with Crippen molar-refractivity contribution in [2.75, 3.05) is 6.61 Å². The van der Waals surface area contributed by atoms with Crippen molar-refractivity contribution < 1.29 is 4.74 Å². The lowest BCUT2D eigenvalue weighted by Crippen LogP contribution is -2.17. The SMILES string of the molecule is O=c1[nH]cc2c(c1Br)CCOC2. The van der Waals surface area contributed by atoms with Crippen LogP contribution in [-0.2, 0) is 17.8 Å². The van der Waals surface area contributed by atoms with Crippen molar-refractivity contribution in [3.8, 4) is 0 Å². The Kier molecular flexibility index (Phi) is 2.02. The molecule has 0 radical (unpaired) electrons. The largest absolute Gasteiger partial charge is 0.376 e. The van der Waals surface area contributed by atoms with E-state index in [0.717, 1.165) is 17.5 Å². The first-order valence-corrected chi connectivity index (χ1v) is 4.55. The molecule has 1 aliphatic heterocycles. The second kappa shape index (κ2) is 3.03. The van der Waals surface area contributed by atoms with Gasteiger partial charge in [0, 0.05) is 6.20 Å². The number of rotatable bonds is 0. The Hall–Kier alpha value is -0.610. The third-order valence-corrected chi connectivity index (χ3v) is 2.82. The molecule has 0 spiro atoms. The van der Waals surface area contributed by atoms with Crippen LogP contribution >= 0.6 is 15.9 Å². The van der Waals surface area contributed by atoms with E-state index in [4.69, 9.17) is 4.74 Å². The minimum absolute atomic E-state index is 0.0596. The lowest BCUT2D eigenvalue weighted by Gasteiger charge is -2.16. The Morgan fingerprint density at radius 3 is 3.25 bits per heavy atom. The summed E-state index contributed by atoms with van der Waals surface area (Å²) in [6, 6.07) is 0. The summed E-state index contributed by atoms with van der Waals surface area (Å²) in [5, 5.41) is 0. The molecule has 0 atom stereocenters. The predicted molar refractivity (Wildman–Crippen MR) is 48.1 cm³/mol. The Morgan fingerprint density at radius 2 is 2.42 bits per heavy atom. The fourth-order valence-electron chi connectivity index (χ4n) is 1.34. The van der Waals surface area contributed by atoms with Crippen molar-refractivity contribution in [3.63, 3.8) is 0 Å². The van der Waals surface area contributed by atoms with Crippen molar-refractivity contribution in [2.45, 2.75) is 13.0 Å². The second-order valence-electron chi connectivity index (χ2n) is 2.74. The molecule has 1 aliphatic rings. The van der Waals surface area contributed by atoms with E-state index >= 15 is 0 Å². The third-order valence-electron chi connectivity index (χ3n) is 1.98. The lowest BCUT2D eigenvalue weighted by atomic mass is 10.1. The van der Waals surface area contributed by atoms with Gasteiger partial charge in [0.25, 0.3) is 5.56 Å². The number of fused-ring (bicyclic) bond motifs is 1. The highest BCUT2D eigenvalue weighted by Gasteiger charge is 2.13. The van der Waals surface area contributed by atoms with Crippen LogP contribution < -0.4 is 5.56 Å². The number of nitrogens with one attached hydrogen (secondary N) is 1. The monoisotopic (exact) mass is 229 g/mol. The Labute approximate surface area is 77.9 Å². The van der Waals surface area contributed by atoms with Gasteiger partial charge in [-0.15, -0.1) is 0 Å². The topological polar surface area (TPSA) is 42.1 Å². The molecular weight excluding hydrogens is 222 g/mol. The van der Waals surface area contributed by atoms with Crippen LogP contribution in [0.2, 0.25) is 0 Å². The summed E-state index contributed by atoms with van der Waals surface area (Å²) < 4.78 is 5.90. The summed E-state index contributed by atoms with van der Waals surface area (Å²) in [5.74, 6) is 0. The van der Waals surface area contributed by atoms with E-state index < -0.39 is 0 Å². The van der Waals surface area contributed by atoms with E-state index in [9.17, 15) is 4.79 Å². The highest BCUT2D eigenvalue weighted by molar-refractivity contribution is 9.10. The lowest BCUT2D eigenvalue weighted by molar-refractivity contribution is 0.110. The number of aromatic nitrogens is 1. The first-order valence-electron chi connectivity index (χ1n) is 3.75. The van der Waals surface area contributed by atoms with Gasteiger partial charge in [-0.25, -0.2) is 0 Å². The molecule has 3 nitrogen and oxygen atoms in total. The maximum atomic E-state index is 11.1. The van der Waals surface area contributed by atoms with Gasteiger partial charge < -0.3 is 9.72 Å². The number of aromatic amines is 1. The zero-order valence-electron chi connectivity index (χ0n) is 6.39. The fourth-order valence-corrected chi connectivity index (χ4v) is 1.90. The Morgan fingerprint density at radius 1 is 1.58 bits per heavy atom. The molecule has 64 valence electrons. The summed E-state index contributed by atoms with van der Waals surface area (Å²) in [4.78, 5) is 13.8. The van der Waals surface area contributed by atoms with Gasteiger partial charge in [-0.2, -0.15) is 0 Å².